The number of aryl methyl sites for hydroxylation is 1. The van der Waals surface area contributed by atoms with Gasteiger partial charge in [-0.3, -0.25) is 4.72 Å². The summed E-state index contributed by atoms with van der Waals surface area (Å²) >= 11 is 5.70. The fraction of sp³-hybridized carbons (Fsp3) is 0.0714. The summed E-state index contributed by atoms with van der Waals surface area (Å²) in [5.74, 6) is -2.04. The average molecular weight is 344 g/mol. The van der Waals surface area contributed by atoms with Gasteiger partial charge in [0.25, 0.3) is 10.0 Å². The van der Waals surface area contributed by atoms with E-state index in [4.69, 9.17) is 16.7 Å². The first-order valence-corrected chi connectivity index (χ1v) is 7.88. The van der Waals surface area contributed by atoms with Gasteiger partial charge in [0.2, 0.25) is 0 Å². The van der Waals surface area contributed by atoms with Crippen LogP contribution in [0.3, 0.4) is 0 Å². The zero-order valence-corrected chi connectivity index (χ0v) is 12.9. The van der Waals surface area contributed by atoms with Crippen LogP contribution in [-0.2, 0) is 10.0 Å². The molecule has 2 aromatic carbocycles. The van der Waals surface area contributed by atoms with E-state index in [1.807, 2.05) is 4.72 Å². The molecule has 2 rings (SSSR count). The van der Waals surface area contributed by atoms with E-state index in [9.17, 15) is 17.6 Å². The Balaban J connectivity index is 2.45. The first-order chi connectivity index (χ1) is 10.2. The Morgan fingerprint density at radius 3 is 2.55 bits per heavy atom. The van der Waals surface area contributed by atoms with Crippen molar-refractivity contribution in [2.75, 3.05) is 4.72 Å². The smallest absolute Gasteiger partial charge is 0.335 e. The van der Waals surface area contributed by atoms with Gasteiger partial charge in [0.1, 0.15) is 5.82 Å². The van der Waals surface area contributed by atoms with Gasteiger partial charge in [0, 0.05) is 5.02 Å². The average Bonchev–Trinajstić information content (AvgIpc) is 2.42. The Bertz CT molecular complexity index is 852. The maximum absolute atomic E-state index is 13.6. The van der Waals surface area contributed by atoms with Gasteiger partial charge in [-0.2, -0.15) is 0 Å². The molecule has 0 bridgehead atoms. The predicted molar refractivity (Wildman–Crippen MR) is 80.4 cm³/mol. The van der Waals surface area contributed by atoms with Crippen LogP contribution in [0.4, 0.5) is 10.1 Å². The summed E-state index contributed by atoms with van der Waals surface area (Å²) in [7, 11) is -4.14. The van der Waals surface area contributed by atoms with Crippen molar-refractivity contribution in [2.24, 2.45) is 0 Å². The van der Waals surface area contributed by atoms with E-state index in [0.717, 1.165) is 18.2 Å². The van der Waals surface area contributed by atoms with Crippen molar-refractivity contribution in [2.45, 2.75) is 11.8 Å². The topological polar surface area (TPSA) is 83.5 Å². The van der Waals surface area contributed by atoms with Crippen molar-refractivity contribution in [3.8, 4) is 0 Å². The number of carboxylic acids is 1. The van der Waals surface area contributed by atoms with Crippen LogP contribution < -0.4 is 4.72 Å². The minimum atomic E-state index is -4.14. The molecule has 0 atom stereocenters. The molecule has 2 N–H and O–H groups in total. The molecule has 0 amide bonds. The Hall–Kier alpha value is -2.12. The summed E-state index contributed by atoms with van der Waals surface area (Å²) in [6.45, 7) is 1.55. The fourth-order valence-corrected chi connectivity index (χ4v) is 3.03. The van der Waals surface area contributed by atoms with Gasteiger partial charge in [-0.05, 0) is 42.8 Å². The summed E-state index contributed by atoms with van der Waals surface area (Å²) in [4.78, 5) is 10.8. The maximum atomic E-state index is 13.6. The van der Waals surface area contributed by atoms with Crippen LogP contribution in [-0.4, -0.2) is 19.5 Å². The number of aromatic carboxylic acids is 1. The predicted octanol–water partition coefficient (Wildman–Crippen LogP) is 3.29. The molecular formula is C14H11ClFNO4S. The lowest BCUT2D eigenvalue weighted by Crippen LogP contribution is -2.15. The molecule has 0 aliphatic rings. The van der Waals surface area contributed by atoms with Crippen LogP contribution in [0.25, 0.3) is 0 Å². The zero-order valence-electron chi connectivity index (χ0n) is 11.3. The van der Waals surface area contributed by atoms with Crippen molar-refractivity contribution in [1.29, 1.82) is 0 Å². The Morgan fingerprint density at radius 1 is 1.23 bits per heavy atom. The number of nitrogens with one attached hydrogen (secondary N) is 1. The molecule has 5 nitrogen and oxygen atoms in total. The second-order valence-corrected chi connectivity index (χ2v) is 6.63. The maximum Gasteiger partial charge on any atom is 0.335 e. The third-order valence-corrected chi connectivity index (χ3v) is 4.52. The number of hydrogen-bond acceptors (Lipinski definition) is 3. The van der Waals surface area contributed by atoms with Crippen LogP contribution in [0, 0.1) is 12.7 Å². The molecule has 8 heteroatoms. The minimum Gasteiger partial charge on any atom is -0.478 e. The molecule has 2 aromatic rings. The Kier molecular flexibility index (Phi) is 4.39. The molecule has 0 unspecified atom stereocenters. The lowest BCUT2D eigenvalue weighted by molar-refractivity contribution is 0.0696. The third kappa shape index (κ3) is 3.37. The Labute approximate surface area is 131 Å². The number of carboxylic acid groups (broad SMARTS) is 1. The highest BCUT2D eigenvalue weighted by Crippen LogP contribution is 2.24. The normalized spacial score (nSPS) is 11.2. The van der Waals surface area contributed by atoms with Gasteiger partial charge < -0.3 is 5.11 Å². The molecule has 0 radical (unpaired) electrons. The summed E-state index contributed by atoms with van der Waals surface area (Å²) < 4.78 is 40.1. The van der Waals surface area contributed by atoms with E-state index in [1.165, 1.54) is 18.2 Å². The zero-order chi connectivity index (χ0) is 16.5. The second-order valence-electron chi connectivity index (χ2n) is 4.51. The monoisotopic (exact) mass is 343 g/mol. The summed E-state index contributed by atoms with van der Waals surface area (Å²) in [5, 5.41) is 9.19. The van der Waals surface area contributed by atoms with Gasteiger partial charge in [-0.15, -0.1) is 0 Å². The van der Waals surface area contributed by atoms with Crippen LogP contribution >= 0.6 is 11.6 Å². The van der Waals surface area contributed by atoms with Crippen molar-refractivity contribution < 1.29 is 22.7 Å². The van der Waals surface area contributed by atoms with E-state index in [0.29, 0.717) is 5.56 Å². The molecule has 0 saturated carbocycles. The lowest BCUT2D eigenvalue weighted by Gasteiger charge is -2.10. The highest BCUT2D eigenvalue weighted by molar-refractivity contribution is 7.92. The first-order valence-electron chi connectivity index (χ1n) is 6.02. The fourth-order valence-electron chi connectivity index (χ4n) is 1.78. The number of hydrogen-bond donors (Lipinski definition) is 2. The highest BCUT2D eigenvalue weighted by Gasteiger charge is 2.19. The van der Waals surface area contributed by atoms with Crippen LogP contribution in [0.1, 0.15) is 15.9 Å². The molecular weight excluding hydrogens is 333 g/mol. The number of carbonyl (C=O) groups is 1. The van der Waals surface area contributed by atoms with Crippen molar-refractivity contribution in [1.82, 2.24) is 0 Å². The molecule has 0 fully saturated rings. The molecule has 0 saturated heterocycles. The van der Waals surface area contributed by atoms with Crippen molar-refractivity contribution in [3.63, 3.8) is 0 Å². The summed E-state index contributed by atoms with van der Waals surface area (Å²) in [6.07, 6.45) is 0. The van der Waals surface area contributed by atoms with Crippen LogP contribution in [0.2, 0.25) is 5.02 Å². The lowest BCUT2D eigenvalue weighted by atomic mass is 10.1. The molecule has 116 valence electrons. The molecule has 0 aliphatic heterocycles. The number of benzene rings is 2. The quantitative estimate of drug-likeness (QED) is 0.892. The SMILES string of the molecule is Cc1ccc(S(=O)(=O)Nc2cc(Cl)ccc2F)cc1C(=O)O. The van der Waals surface area contributed by atoms with E-state index in [2.05, 4.69) is 0 Å². The standard InChI is InChI=1S/C14H11ClFNO4S/c1-8-2-4-10(7-11(8)14(18)19)22(20,21)17-13-6-9(15)3-5-12(13)16/h2-7,17H,1H3,(H,18,19). The minimum absolute atomic E-state index is 0.144. The highest BCUT2D eigenvalue weighted by atomic mass is 35.5. The van der Waals surface area contributed by atoms with E-state index in [1.54, 1.807) is 6.92 Å². The second kappa shape index (κ2) is 5.94. The van der Waals surface area contributed by atoms with Gasteiger partial charge in [0.15, 0.2) is 0 Å². The van der Waals surface area contributed by atoms with Gasteiger partial charge >= 0.3 is 5.97 Å². The van der Waals surface area contributed by atoms with Crippen LogP contribution in [0.15, 0.2) is 41.3 Å². The summed E-state index contributed by atoms with van der Waals surface area (Å²) in [5.41, 5.74) is -0.0419. The van der Waals surface area contributed by atoms with E-state index < -0.39 is 21.8 Å². The van der Waals surface area contributed by atoms with Crippen molar-refractivity contribution in [3.05, 3.63) is 58.4 Å². The van der Waals surface area contributed by atoms with Crippen molar-refractivity contribution >= 4 is 33.3 Å². The number of rotatable bonds is 4. The molecule has 0 spiro atoms. The van der Waals surface area contributed by atoms with E-state index >= 15 is 0 Å². The number of halogens is 2. The molecule has 0 heterocycles. The van der Waals surface area contributed by atoms with Gasteiger partial charge in [-0.1, -0.05) is 17.7 Å². The molecule has 0 aromatic heterocycles. The first kappa shape index (κ1) is 16.3. The van der Waals surface area contributed by atoms with E-state index in [-0.39, 0.29) is 21.2 Å². The van der Waals surface area contributed by atoms with Gasteiger partial charge in [-0.25, -0.2) is 17.6 Å². The number of anilines is 1. The summed E-state index contributed by atoms with van der Waals surface area (Å²) in [6, 6.07) is 7.06. The third-order valence-electron chi connectivity index (χ3n) is 2.92. The largest absolute Gasteiger partial charge is 0.478 e. The van der Waals surface area contributed by atoms with Gasteiger partial charge in [0.05, 0.1) is 16.1 Å². The number of sulfonamides is 1. The Morgan fingerprint density at radius 2 is 1.91 bits per heavy atom. The van der Waals surface area contributed by atoms with Crippen LogP contribution in [0.5, 0.6) is 0 Å². The molecule has 0 aliphatic carbocycles. The molecule has 22 heavy (non-hydrogen) atoms.